The second kappa shape index (κ2) is 9.65. The highest BCUT2D eigenvalue weighted by Crippen LogP contribution is 2.43. The Balaban J connectivity index is 1.64. The second-order valence-electron chi connectivity index (χ2n) is 8.20. The number of amides is 1. The van der Waals surface area contributed by atoms with Crippen molar-refractivity contribution in [3.8, 4) is 11.5 Å². The lowest BCUT2D eigenvalue weighted by atomic mass is 9.95. The molecule has 0 unspecified atom stereocenters. The van der Waals surface area contributed by atoms with Crippen LogP contribution in [0.3, 0.4) is 0 Å². The van der Waals surface area contributed by atoms with Gasteiger partial charge in [0.25, 0.3) is 0 Å². The fourth-order valence-corrected chi connectivity index (χ4v) is 4.39. The van der Waals surface area contributed by atoms with Gasteiger partial charge in [-0.1, -0.05) is 18.2 Å². The summed E-state index contributed by atoms with van der Waals surface area (Å²) in [5.41, 5.74) is 2.19. The van der Waals surface area contributed by atoms with Crippen LogP contribution in [0.15, 0.2) is 59.5 Å². The van der Waals surface area contributed by atoms with E-state index in [1.165, 1.54) is 0 Å². The molecular weight excluding hydrogens is 386 g/mol. The Morgan fingerprint density at radius 3 is 2.28 bits per heavy atom. The second-order valence-corrected chi connectivity index (χ2v) is 9.74. The predicted molar refractivity (Wildman–Crippen MR) is 115 cm³/mol. The molecule has 2 aromatic carbocycles. The number of ether oxygens (including phenoxy) is 2. The summed E-state index contributed by atoms with van der Waals surface area (Å²) in [5, 5.41) is 0. The lowest BCUT2D eigenvalue weighted by Crippen LogP contribution is -2.41. The van der Waals surface area contributed by atoms with E-state index in [1.54, 1.807) is 11.8 Å². The maximum Gasteiger partial charge on any atom is 0.244 e. The summed E-state index contributed by atoms with van der Waals surface area (Å²) in [6, 6.07) is 17.7. The largest absolute Gasteiger partial charge is 0.457 e. The maximum atomic E-state index is 12.5. The number of nitrogens with one attached hydrogen (secondary N) is 1. The fourth-order valence-electron chi connectivity index (χ4n) is 3.05. The van der Waals surface area contributed by atoms with Crippen molar-refractivity contribution in [3.05, 3.63) is 54.6 Å². The van der Waals surface area contributed by atoms with E-state index in [2.05, 4.69) is 5.48 Å². The summed E-state index contributed by atoms with van der Waals surface area (Å²) < 4.78 is 11.2. The molecule has 1 aliphatic heterocycles. The molecule has 1 saturated heterocycles. The van der Waals surface area contributed by atoms with Crippen molar-refractivity contribution >= 4 is 17.7 Å². The maximum absolute atomic E-state index is 12.5. The Labute approximate surface area is 177 Å². The van der Waals surface area contributed by atoms with Crippen LogP contribution in [0.25, 0.3) is 0 Å². The zero-order chi connectivity index (χ0) is 20.7. The predicted octanol–water partition coefficient (Wildman–Crippen LogP) is 5.36. The van der Waals surface area contributed by atoms with Crippen LogP contribution >= 0.6 is 11.8 Å². The van der Waals surface area contributed by atoms with Crippen LogP contribution in [0, 0.1) is 0 Å². The Morgan fingerprint density at radius 2 is 1.66 bits per heavy atom. The minimum absolute atomic E-state index is 0.0987. The average molecular weight is 416 g/mol. The highest BCUT2D eigenvalue weighted by Gasteiger charge is 2.36. The first kappa shape index (κ1) is 21.7. The van der Waals surface area contributed by atoms with Crippen LogP contribution in [0.4, 0.5) is 0 Å². The SMILES string of the molecule is CC(C)(C)ONC(=O)CC1(Sc2ccc(Oc3ccccc3)cc2)CCOCC1. The van der Waals surface area contributed by atoms with Crippen LogP contribution in [0.2, 0.25) is 0 Å². The lowest BCUT2D eigenvalue weighted by Gasteiger charge is -2.36. The minimum Gasteiger partial charge on any atom is -0.457 e. The van der Waals surface area contributed by atoms with Crippen LogP contribution in [-0.2, 0) is 14.4 Å². The summed E-state index contributed by atoms with van der Waals surface area (Å²) in [7, 11) is 0. The van der Waals surface area contributed by atoms with Crippen LogP contribution in [0.1, 0.15) is 40.0 Å². The number of benzene rings is 2. The quantitative estimate of drug-likeness (QED) is 0.617. The number of hydrogen-bond acceptors (Lipinski definition) is 5. The molecular formula is C23H29NO4S. The molecule has 1 fully saturated rings. The molecule has 0 spiro atoms. The van der Waals surface area contributed by atoms with Crippen LogP contribution in [-0.4, -0.2) is 29.5 Å². The van der Waals surface area contributed by atoms with Gasteiger partial charge in [-0.05, 0) is 70.0 Å². The van der Waals surface area contributed by atoms with Gasteiger partial charge >= 0.3 is 0 Å². The van der Waals surface area contributed by atoms with Gasteiger partial charge in [-0.2, -0.15) is 0 Å². The van der Waals surface area contributed by atoms with Gasteiger partial charge in [0.1, 0.15) is 11.5 Å². The molecule has 0 aromatic heterocycles. The molecule has 0 bridgehead atoms. The third kappa shape index (κ3) is 7.07. The van der Waals surface area contributed by atoms with E-state index < -0.39 is 5.60 Å². The third-order valence-corrected chi connectivity index (χ3v) is 5.99. The van der Waals surface area contributed by atoms with Gasteiger partial charge in [0.15, 0.2) is 0 Å². The molecule has 0 radical (unpaired) electrons. The highest BCUT2D eigenvalue weighted by atomic mass is 32.2. The van der Waals surface area contributed by atoms with Crippen molar-refractivity contribution < 1.29 is 19.1 Å². The Hall–Kier alpha value is -2.02. The normalized spacial score (nSPS) is 16.2. The van der Waals surface area contributed by atoms with E-state index in [0.29, 0.717) is 19.6 Å². The standard InChI is InChI=1S/C23H29NO4S/c1-22(2,3)28-24-21(25)17-23(13-15-26-16-14-23)29-20-11-9-19(10-12-20)27-18-7-5-4-6-8-18/h4-12H,13-17H2,1-3H3,(H,24,25). The third-order valence-electron chi connectivity index (χ3n) is 4.49. The average Bonchev–Trinajstić information content (AvgIpc) is 2.69. The molecule has 29 heavy (non-hydrogen) atoms. The smallest absolute Gasteiger partial charge is 0.244 e. The fraction of sp³-hybridized carbons (Fsp3) is 0.435. The zero-order valence-electron chi connectivity index (χ0n) is 17.3. The van der Waals surface area contributed by atoms with E-state index >= 15 is 0 Å². The Morgan fingerprint density at radius 1 is 1.03 bits per heavy atom. The zero-order valence-corrected chi connectivity index (χ0v) is 18.1. The molecule has 2 aromatic rings. The number of rotatable bonds is 7. The first-order valence-corrected chi connectivity index (χ1v) is 10.7. The molecule has 5 nitrogen and oxygen atoms in total. The van der Waals surface area contributed by atoms with Crippen LogP contribution < -0.4 is 10.2 Å². The van der Waals surface area contributed by atoms with Gasteiger partial charge in [0, 0.05) is 29.3 Å². The summed E-state index contributed by atoms with van der Waals surface area (Å²) in [5.74, 6) is 1.50. The van der Waals surface area contributed by atoms with Gasteiger partial charge in [0.2, 0.25) is 5.91 Å². The first-order valence-electron chi connectivity index (χ1n) is 9.90. The molecule has 0 atom stereocenters. The van der Waals surface area contributed by atoms with E-state index in [0.717, 1.165) is 29.2 Å². The van der Waals surface area contributed by atoms with Crippen molar-refractivity contribution in [1.29, 1.82) is 0 Å². The first-order chi connectivity index (χ1) is 13.8. The van der Waals surface area contributed by atoms with Crippen molar-refractivity contribution in [2.24, 2.45) is 0 Å². The monoisotopic (exact) mass is 415 g/mol. The lowest BCUT2D eigenvalue weighted by molar-refractivity contribution is -0.146. The molecule has 1 heterocycles. The number of carbonyl (C=O) groups is 1. The van der Waals surface area contributed by atoms with Crippen molar-refractivity contribution in [3.63, 3.8) is 0 Å². The van der Waals surface area contributed by atoms with E-state index in [1.807, 2.05) is 75.4 Å². The molecule has 1 amide bonds. The molecule has 0 aliphatic carbocycles. The topological polar surface area (TPSA) is 56.8 Å². The molecule has 1 aliphatic rings. The van der Waals surface area contributed by atoms with Crippen molar-refractivity contribution in [1.82, 2.24) is 5.48 Å². The van der Waals surface area contributed by atoms with Gasteiger partial charge in [-0.3, -0.25) is 9.63 Å². The Bertz CT molecular complexity index is 781. The number of para-hydroxylation sites is 1. The summed E-state index contributed by atoms with van der Waals surface area (Å²) in [6.07, 6.45) is 2.03. The van der Waals surface area contributed by atoms with E-state index in [4.69, 9.17) is 14.3 Å². The molecule has 6 heteroatoms. The molecule has 156 valence electrons. The Kier molecular flexibility index (Phi) is 7.22. The number of hydrogen-bond donors (Lipinski definition) is 1. The molecule has 3 rings (SSSR count). The van der Waals surface area contributed by atoms with E-state index in [-0.39, 0.29) is 10.7 Å². The summed E-state index contributed by atoms with van der Waals surface area (Å²) in [6.45, 7) is 7.05. The number of thioether (sulfide) groups is 1. The van der Waals surface area contributed by atoms with Gasteiger partial charge in [-0.25, -0.2) is 5.48 Å². The van der Waals surface area contributed by atoms with Gasteiger partial charge in [-0.15, -0.1) is 11.8 Å². The minimum atomic E-state index is -0.416. The summed E-state index contributed by atoms with van der Waals surface area (Å²) in [4.78, 5) is 19.1. The number of carbonyl (C=O) groups excluding carboxylic acids is 1. The van der Waals surface area contributed by atoms with Gasteiger partial charge in [0.05, 0.1) is 5.60 Å². The van der Waals surface area contributed by atoms with E-state index in [9.17, 15) is 4.79 Å². The summed E-state index contributed by atoms with van der Waals surface area (Å²) >= 11 is 1.74. The van der Waals surface area contributed by atoms with Crippen LogP contribution in [0.5, 0.6) is 11.5 Å². The highest BCUT2D eigenvalue weighted by molar-refractivity contribution is 8.00. The van der Waals surface area contributed by atoms with Crippen molar-refractivity contribution in [2.75, 3.05) is 13.2 Å². The van der Waals surface area contributed by atoms with Crippen molar-refractivity contribution in [2.45, 2.75) is 55.3 Å². The molecule has 0 saturated carbocycles. The molecule has 1 N–H and O–H groups in total. The number of hydroxylamine groups is 1. The van der Waals surface area contributed by atoms with Gasteiger partial charge < -0.3 is 9.47 Å².